The lowest BCUT2D eigenvalue weighted by Gasteiger charge is -2.10. The third-order valence-corrected chi connectivity index (χ3v) is 3.43. The highest BCUT2D eigenvalue weighted by Gasteiger charge is 2.10. The topological polar surface area (TPSA) is 46.2 Å². The van der Waals surface area contributed by atoms with Gasteiger partial charge >= 0.3 is 0 Å². The van der Waals surface area contributed by atoms with Gasteiger partial charge in [-0.25, -0.2) is 4.39 Å². The number of para-hydroxylation sites is 1. The summed E-state index contributed by atoms with van der Waals surface area (Å²) >= 11 is 0. The van der Waals surface area contributed by atoms with Gasteiger partial charge in [0.2, 0.25) is 0 Å². The Morgan fingerprint density at radius 3 is 2.65 bits per heavy atom. The summed E-state index contributed by atoms with van der Waals surface area (Å²) in [5, 5.41) is 2.72. The van der Waals surface area contributed by atoms with Crippen molar-refractivity contribution in [1.82, 2.24) is 0 Å². The third kappa shape index (κ3) is 3.74. The van der Waals surface area contributed by atoms with Crippen LogP contribution in [-0.2, 0) is 16.6 Å². The molecular formula is C15H14FNO2S. The molecule has 0 aliphatic heterocycles. The Morgan fingerprint density at radius 1 is 1.20 bits per heavy atom. The highest BCUT2D eigenvalue weighted by Crippen LogP contribution is 2.18. The molecule has 1 atom stereocenters. The molecule has 0 bridgehead atoms. The molecule has 5 heteroatoms. The maximum Gasteiger partial charge on any atom is 0.255 e. The van der Waals surface area contributed by atoms with E-state index in [1.165, 1.54) is 18.2 Å². The minimum Gasteiger partial charge on any atom is -0.322 e. The van der Waals surface area contributed by atoms with E-state index in [0.29, 0.717) is 11.4 Å². The molecule has 2 rings (SSSR count). The molecule has 0 aliphatic rings. The van der Waals surface area contributed by atoms with Crippen molar-refractivity contribution in [2.24, 2.45) is 0 Å². The molecule has 1 unspecified atom stereocenters. The number of carbonyl (C=O) groups is 1. The second-order valence-corrected chi connectivity index (χ2v) is 5.77. The third-order valence-electron chi connectivity index (χ3n) is 2.71. The molecular weight excluding hydrogens is 277 g/mol. The number of hydrogen-bond donors (Lipinski definition) is 1. The molecule has 1 amide bonds. The second-order valence-electron chi connectivity index (χ2n) is 4.34. The first-order valence-electron chi connectivity index (χ1n) is 6.01. The molecule has 0 radical (unpaired) electrons. The fraction of sp³-hybridized carbons (Fsp3) is 0.133. The second kappa shape index (κ2) is 6.43. The van der Waals surface area contributed by atoms with Gasteiger partial charge < -0.3 is 5.32 Å². The Kier molecular flexibility index (Phi) is 4.63. The number of rotatable bonds is 4. The van der Waals surface area contributed by atoms with Crippen LogP contribution in [-0.4, -0.2) is 16.4 Å². The van der Waals surface area contributed by atoms with E-state index < -0.39 is 16.6 Å². The summed E-state index contributed by atoms with van der Waals surface area (Å²) in [6.45, 7) is 0. The van der Waals surface area contributed by atoms with Gasteiger partial charge in [0.25, 0.3) is 5.91 Å². The van der Waals surface area contributed by atoms with E-state index in [0.717, 1.165) is 5.56 Å². The van der Waals surface area contributed by atoms with Crippen molar-refractivity contribution in [2.75, 3.05) is 11.6 Å². The van der Waals surface area contributed by atoms with Crippen LogP contribution in [0.15, 0.2) is 48.5 Å². The van der Waals surface area contributed by atoms with Crippen LogP contribution in [0.5, 0.6) is 0 Å². The Balaban J connectivity index is 2.21. The van der Waals surface area contributed by atoms with Gasteiger partial charge in [-0.05, 0) is 29.8 Å². The minimum atomic E-state index is -1.00. The van der Waals surface area contributed by atoms with E-state index in [1.807, 2.05) is 12.1 Å². The van der Waals surface area contributed by atoms with Gasteiger partial charge in [0.05, 0.1) is 5.75 Å². The smallest absolute Gasteiger partial charge is 0.255 e. The van der Waals surface area contributed by atoms with Crippen LogP contribution in [0, 0.1) is 5.82 Å². The number of amides is 1. The maximum absolute atomic E-state index is 13.1. The average molecular weight is 291 g/mol. The van der Waals surface area contributed by atoms with Crippen LogP contribution in [0.1, 0.15) is 15.9 Å². The van der Waals surface area contributed by atoms with E-state index in [1.54, 1.807) is 24.5 Å². The highest BCUT2D eigenvalue weighted by molar-refractivity contribution is 7.83. The normalized spacial score (nSPS) is 11.9. The maximum atomic E-state index is 13.1. The Morgan fingerprint density at radius 2 is 1.95 bits per heavy atom. The Bertz CT molecular complexity index is 658. The number of benzene rings is 2. The van der Waals surface area contributed by atoms with Crippen molar-refractivity contribution in [3.8, 4) is 0 Å². The Labute approximate surface area is 119 Å². The van der Waals surface area contributed by atoms with E-state index in [4.69, 9.17) is 0 Å². The zero-order valence-electron chi connectivity index (χ0n) is 10.9. The van der Waals surface area contributed by atoms with Gasteiger partial charge in [-0.15, -0.1) is 0 Å². The number of carbonyl (C=O) groups excluding carboxylic acids is 1. The van der Waals surface area contributed by atoms with Gasteiger partial charge in [-0.3, -0.25) is 9.00 Å². The molecule has 0 saturated heterocycles. The summed E-state index contributed by atoms with van der Waals surface area (Å²) in [5.74, 6) is -0.487. The minimum absolute atomic E-state index is 0.248. The van der Waals surface area contributed by atoms with Gasteiger partial charge in [-0.2, -0.15) is 0 Å². The standard InChI is InChI=1S/C15H14FNO2S/c1-20(19)10-12-5-2-3-8-14(12)17-15(18)11-6-4-7-13(16)9-11/h2-9H,10H2,1H3,(H,17,18). The van der Waals surface area contributed by atoms with E-state index in [2.05, 4.69) is 5.32 Å². The molecule has 20 heavy (non-hydrogen) atoms. The molecule has 0 aromatic heterocycles. The summed E-state index contributed by atoms with van der Waals surface area (Å²) in [4.78, 5) is 12.1. The van der Waals surface area contributed by atoms with Crippen LogP contribution in [0.25, 0.3) is 0 Å². The van der Waals surface area contributed by atoms with Crippen LogP contribution in [0.4, 0.5) is 10.1 Å². The van der Waals surface area contributed by atoms with Crippen molar-refractivity contribution < 1.29 is 13.4 Å². The number of hydrogen-bond acceptors (Lipinski definition) is 2. The molecule has 1 N–H and O–H groups in total. The molecule has 0 spiro atoms. The molecule has 104 valence electrons. The van der Waals surface area contributed by atoms with Crippen molar-refractivity contribution in [3.05, 3.63) is 65.5 Å². The molecule has 0 heterocycles. The monoisotopic (exact) mass is 291 g/mol. The summed E-state index contributed by atoms with van der Waals surface area (Å²) in [6.07, 6.45) is 1.60. The van der Waals surface area contributed by atoms with Crippen molar-refractivity contribution in [1.29, 1.82) is 0 Å². The Hall–Kier alpha value is -2.01. The molecule has 3 nitrogen and oxygen atoms in total. The summed E-state index contributed by atoms with van der Waals surface area (Å²) in [6, 6.07) is 12.6. The summed E-state index contributed by atoms with van der Waals surface area (Å²) in [5.41, 5.74) is 1.63. The predicted octanol–water partition coefficient (Wildman–Crippen LogP) is 2.96. The number of nitrogens with one attached hydrogen (secondary N) is 1. The van der Waals surface area contributed by atoms with Gasteiger partial charge in [0.15, 0.2) is 0 Å². The first-order valence-corrected chi connectivity index (χ1v) is 7.74. The van der Waals surface area contributed by atoms with Crippen LogP contribution >= 0.6 is 0 Å². The van der Waals surface area contributed by atoms with Gasteiger partial charge in [-0.1, -0.05) is 24.3 Å². The van der Waals surface area contributed by atoms with Crippen molar-refractivity contribution >= 4 is 22.4 Å². The molecule has 0 saturated carbocycles. The fourth-order valence-corrected chi connectivity index (χ4v) is 2.50. The van der Waals surface area contributed by atoms with Gasteiger partial charge in [0.1, 0.15) is 5.82 Å². The lowest BCUT2D eigenvalue weighted by atomic mass is 10.1. The lowest BCUT2D eigenvalue weighted by Crippen LogP contribution is -2.13. The average Bonchev–Trinajstić information content (AvgIpc) is 2.40. The lowest BCUT2D eigenvalue weighted by molar-refractivity contribution is 0.102. The van der Waals surface area contributed by atoms with Gasteiger partial charge in [0, 0.05) is 28.3 Å². The van der Waals surface area contributed by atoms with Crippen molar-refractivity contribution in [3.63, 3.8) is 0 Å². The zero-order chi connectivity index (χ0) is 14.5. The molecule has 0 aliphatic carbocycles. The first-order chi connectivity index (χ1) is 9.56. The summed E-state index contributed by atoms with van der Waals surface area (Å²) < 4.78 is 24.4. The fourth-order valence-electron chi connectivity index (χ4n) is 1.81. The van der Waals surface area contributed by atoms with Crippen LogP contribution < -0.4 is 5.32 Å². The number of anilines is 1. The van der Waals surface area contributed by atoms with E-state index >= 15 is 0 Å². The summed E-state index contributed by atoms with van der Waals surface area (Å²) in [7, 11) is -1.00. The largest absolute Gasteiger partial charge is 0.322 e. The zero-order valence-corrected chi connectivity index (χ0v) is 11.7. The van der Waals surface area contributed by atoms with E-state index in [9.17, 15) is 13.4 Å². The van der Waals surface area contributed by atoms with Crippen LogP contribution in [0.2, 0.25) is 0 Å². The molecule has 2 aromatic rings. The quantitative estimate of drug-likeness (QED) is 0.941. The van der Waals surface area contributed by atoms with E-state index in [-0.39, 0.29) is 11.5 Å². The highest BCUT2D eigenvalue weighted by atomic mass is 32.2. The predicted molar refractivity (Wildman–Crippen MR) is 78.6 cm³/mol. The van der Waals surface area contributed by atoms with Crippen molar-refractivity contribution in [2.45, 2.75) is 5.75 Å². The first kappa shape index (κ1) is 14.4. The number of halogens is 1. The SMILES string of the molecule is CS(=O)Cc1ccccc1NC(=O)c1cccc(F)c1. The molecule has 2 aromatic carbocycles. The van der Waals surface area contributed by atoms with Crippen LogP contribution in [0.3, 0.4) is 0 Å². The molecule has 0 fully saturated rings.